The molecule has 0 aliphatic rings. The van der Waals surface area contributed by atoms with Crippen molar-refractivity contribution in [1.29, 1.82) is 0 Å². The zero-order valence-electron chi connectivity index (χ0n) is 13.4. The molecule has 0 amide bonds. The van der Waals surface area contributed by atoms with Gasteiger partial charge in [-0.2, -0.15) is 0 Å². The molecular formula is C17H16F6NP. The molecule has 0 N–H and O–H groups in total. The molecule has 136 valence electrons. The molecule has 1 aromatic heterocycles. The van der Waals surface area contributed by atoms with Crippen molar-refractivity contribution in [2.24, 2.45) is 7.05 Å². The number of hydrogen-bond donors (Lipinski definition) is 0. The number of fused-ring (bicyclic) bond motifs is 1. The summed E-state index contributed by atoms with van der Waals surface area (Å²) in [6.07, 6.45) is 2.20. The molecule has 0 spiro atoms. The second-order valence-corrected chi connectivity index (χ2v) is 7.56. The van der Waals surface area contributed by atoms with Gasteiger partial charge in [0.2, 0.25) is 5.52 Å². The van der Waals surface area contributed by atoms with Gasteiger partial charge >= 0.3 is 33.0 Å². The van der Waals surface area contributed by atoms with E-state index >= 15 is 0 Å². The summed E-state index contributed by atoms with van der Waals surface area (Å²) in [5.74, 6) is 0. The Morgan fingerprint density at radius 3 is 1.80 bits per heavy atom. The van der Waals surface area contributed by atoms with E-state index in [1.54, 1.807) is 0 Å². The fourth-order valence-electron chi connectivity index (χ4n) is 2.62. The third kappa shape index (κ3) is 6.35. The van der Waals surface area contributed by atoms with E-state index < -0.39 is 7.81 Å². The van der Waals surface area contributed by atoms with Crippen LogP contribution < -0.4 is 4.57 Å². The van der Waals surface area contributed by atoms with E-state index in [0.29, 0.717) is 0 Å². The van der Waals surface area contributed by atoms with Gasteiger partial charge in [0.15, 0.2) is 6.20 Å². The van der Waals surface area contributed by atoms with E-state index in [1.807, 2.05) is 0 Å². The Labute approximate surface area is 140 Å². The van der Waals surface area contributed by atoms with Gasteiger partial charge in [-0.25, -0.2) is 4.57 Å². The molecule has 3 aromatic rings. The van der Waals surface area contributed by atoms with Crippen molar-refractivity contribution in [2.75, 3.05) is 0 Å². The van der Waals surface area contributed by atoms with Crippen LogP contribution in [0.3, 0.4) is 0 Å². The normalized spacial score (nSPS) is 14.2. The summed E-state index contributed by atoms with van der Waals surface area (Å²) in [6.45, 7) is 2.18. The number of benzene rings is 2. The predicted octanol–water partition coefficient (Wildman–Crippen LogP) is 7.02. The molecule has 1 nitrogen and oxygen atoms in total. The predicted molar refractivity (Wildman–Crippen MR) is 88.9 cm³/mol. The van der Waals surface area contributed by atoms with Gasteiger partial charge < -0.3 is 0 Å². The molecule has 0 aliphatic carbocycles. The van der Waals surface area contributed by atoms with E-state index in [2.05, 4.69) is 79.3 Å². The first-order chi connectivity index (χ1) is 11.2. The van der Waals surface area contributed by atoms with Crippen LogP contribution in [0.1, 0.15) is 5.56 Å². The minimum absolute atomic E-state index is 1.27. The molecule has 8 heteroatoms. The van der Waals surface area contributed by atoms with Gasteiger partial charge in [0.05, 0.1) is 5.39 Å². The van der Waals surface area contributed by atoms with Crippen LogP contribution in [0.5, 0.6) is 0 Å². The number of pyridine rings is 1. The van der Waals surface area contributed by atoms with Gasteiger partial charge in [-0.05, 0) is 18.6 Å². The van der Waals surface area contributed by atoms with Crippen LogP contribution in [0, 0.1) is 6.92 Å². The Morgan fingerprint density at radius 1 is 0.760 bits per heavy atom. The molecule has 0 fully saturated rings. The first-order valence-electron chi connectivity index (χ1n) is 7.22. The second kappa shape index (κ2) is 5.70. The summed E-state index contributed by atoms with van der Waals surface area (Å²) in [5.41, 5.74) is 5.19. The quantitative estimate of drug-likeness (QED) is 0.243. The molecule has 0 atom stereocenters. The van der Waals surface area contributed by atoms with Gasteiger partial charge in [-0.1, -0.05) is 42.5 Å². The minimum atomic E-state index is -10.7. The van der Waals surface area contributed by atoms with Gasteiger partial charge in [-0.15, -0.1) is 0 Å². The van der Waals surface area contributed by atoms with Crippen molar-refractivity contribution in [3.8, 4) is 11.1 Å². The number of nitrogens with zero attached hydrogens (tertiary/aromatic N) is 1. The first kappa shape index (κ1) is 19.2. The molecule has 0 saturated carbocycles. The zero-order chi connectivity index (χ0) is 18.9. The fraction of sp³-hybridized carbons (Fsp3) is 0.118. The number of hydrogen-bond acceptors (Lipinski definition) is 0. The van der Waals surface area contributed by atoms with Crippen molar-refractivity contribution >= 4 is 18.7 Å². The van der Waals surface area contributed by atoms with Crippen LogP contribution in [0.2, 0.25) is 0 Å². The van der Waals surface area contributed by atoms with Gasteiger partial charge in [0.25, 0.3) is 0 Å². The Bertz CT molecular complexity index is 894. The monoisotopic (exact) mass is 379 g/mol. The summed E-state index contributed by atoms with van der Waals surface area (Å²) in [5, 5.41) is 1.31. The number of aryl methyl sites for hydroxylation is 2. The van der Waals surface area contributed by atoms with Crippen molar-refractivity contribution < 1.29 is 29.7 Å². The van der Waals surface area contributed by atoms with Gasteiger partial charge in [0, 0.05) is 17.2 Å². The molecule has 0 radical (unpaired) electrons. The van der Waals surface area contributed by atoms with Crippen molar-refractivity contribution in [3.05, 3.63) is 66.4 Å². The first-order valence-corrected chi connectivity index (χ1v) is 9.25. The van der Waals surface area contributed by atoms with E-state index in [0.717, 1.165) is 0 Å². The third-order valence-electron chi connectivity index (χ3n) is 3.40. The molecule has 2 aromatic carbocycles. The maximum atomic E-state index is 9.87. The van der Waals surface area contributed by atoms with Crippen molar-refractivity contribution in [2.45, 2.75) is 6.92 Å². The zero-order valence-corrected chi connectivity index (χ0v) is 14.3. The Kier molecular flexibility index (Phi) is 4.37. The second-order valence-electron chi connectivity index (χ2n) is 5.64. The van der Waals surface area contributed by atoms with Crippen LogP contribution in [0.4, 0.5) is 25.2 Å². The summed E-state index contributed by atoms with van der Waals surface area (Å²) in [7, 11) is -8.56. The SMILES string of the molecule is Cc1c[n+](C)c2ccccc2c1-c1ccccc1.F[P-](F)(F)(F)(F)F. The van der Waals surface area contributed by atoms with Crippen LogP contribution in [0.15, 0.2) is 60.8 Å². The van der Waals surface area contributed by atoms with Crippen LogP contribution in [-0.4, -0.2) is 0 Å². The Balaban J connectivity index is 0.000000277. The third-order valence-corrected chi connectivity index (χ3v) is 3.40. The van der Waals surface area contributed by atoms with Crippen molar-refractivity contribution in [3.63, 3.8) is 0 Å². The van der Waals surface area contributed by atoms with E-state index in [1.165, 1.54) is 27.6 Å². The number of para-hydroxylation sites is 1. The maximum absolute atomic E-state index is 10.7. The molecule has 0 saturated heterocycles. The molecule has 3 rings (SSSR count). The average molecular weight is 379 g/mol. The fourth-order valence-corrected chi connectivity index (χ4v) is 2.62. The van der Waals surface area contributed by atoms with Gasteiger partial charge in [-0.3, -0.25) is 0 Å². The van der Waals surface area contributed by atoms with E-state index in [9.17, 15) is 25.2 Å². The molecule has 25 heavy (non-hydrogen) atoms. The molecule has 0 bridgehead atoms. The summed E-state index contributed by atoms with van der Waals surface area (Å²) in [4.78, 5) is 0. The van der Waals surface area contributed by atoms with Crippen molar-refractivity contribution in [1.82, 2.24) is 0 Å². The Hall–Kier alpha value is -2.14. The molecular weight excluding hydrogens is 363 g/mol. The van der Waals surface area contributed by atoms with E-state index in [4.69, 9.17) is 0 Å². The topological polar surface area (TPSA) is 3.88 Å². The van der Waals surface area contributed by atoms with Crippen LogP contribution in [-0.2, 0) is 7.05 Å². The molecule has 0 aliphatic heterocycles. The van der Waals surface area contributed by atoms with Crippen LogP contribution >= 0.6 is 7.81 Å². The molecule has 0 unspecified atom stereocenters. The van der Waals surface area contributed by atoms with Gasteiger partial charge in [0.1, 0.15) is 7.05 Å². The number of halogens is 6. The summed E-state index contributed by atoms with van der Waals surface area (Å²) < 4.78 is 61.4. The van der Waals surface area contributed by atoms with E-state index in [-0.39, 0.29) is 0 Å². The Morgan fingerprint density at radius 2 is 1.24 bits per heavy atom. The van der Waals surface area contributed by atoms with Crippen LogP contribution in [0.25, 0.3) is 22.0 Å². The molecule has 1 heterocycles. The average Bonchev–Trinajstić information content (AvgIpc) is 2.45. The standard InChI is InChI=1S/C17H16N.F6P/c1-13-12-18(2)16-11-7-6-10-15(16)17(13)14-8-4-3-5-9-14;1-7(2,3,4,5)6/h3-12H,1-2H3;/q+1;-1. The summed E-state index contributed by atoms with van der Waals surface area (Å²) >= 11 is 0. The number of aromatic nitrogens is 1. The number of rotatable bonds is 1. The summed E-state index contributed by atoms with van der Waals surface area (Å²) in [6, 6.07) is 19.2.